The van der Waals surface area contributed by atoms with Gasteiger partial charge in [0.1, 0.15) is 0 Å². The number of allylic oxidation sites excluding steroid dienone is 4. The van der Waals surface area contributed by atoms with E-state index in [9.17, 15) is 0 Å². The van der Waals surface area contributed by atoms with Gasteiger partial charge in [0, 0.05) is 0 Å². The topological polar surface area (TPSA) is 0 Å². The molecule has 1 radical (unpaired) electrons. The molecule has 0 saturated carbocycles. The molecule has 0 N–H and O–H groups in total. The predicted molar refractivity (Wildman–Crippen MR) is 83.7 cm³/mol. The van der Waals surface area contributed by atoms with Crippen molar-refractivity contribution in [2.45, 2.75) is 91.4 Å². The van der Waals surface area contributed by atoms with Crippen molar-refractivity contribution in [1.82, 2.24) is 0 Å². The minimum Gasteiger partial charge on any atom is -0.0843 e. The summed E-state index contributed by atoms with van der Waals surface area (Å²) in [7, 11) is 0. The van der Waals surface area contributed by atoms with E-state index in [1.54, 1.807) is 0 Å². The van der Waals surface area contributed by atoms with Crippen LogP contribution in [0.2, 0.25) is 0 Å². The Bertz CT molecular complexity index is 210. The lowest BCUT2D eigenvalue weighted by Gasteiger charge is -2.00. The summed E-state index contributed by atoms with van der Waals surface area (Å²) in [5.41, 5.74) is 1.37. The van der Waals surface area contributed by atoms with Crippen LogP contribution < -0.4 is 0 Å². The number of hydrogen-bond acceptors (Lipinski definition) is 0. The summed E-state index contributed by atoms with van der Waals surface area (Å²) < 4.78 is 0. The van der Waals surface area contributed by atoms with Gasteiger partial charge in [0.05, 0.1) is 0 Å². The van der Waals surface area contributed by atoms with E-state index in [0.29, 0.717) is 0 Å². The van der Waals surface area contributed by atoms with E-state index in [1.807, 2.05) is 0 Å². The molecule has 0 aromatic heterocycles. The Morgan fingerprint density at radius 2 is 1.44 bits per heavy atom. The van der Waals surface area contributed by atoms with E-state index < -0.39 is 0 Å². The standard InChI is InChI=1S/C18H33/c1-4-7-8-9-10-11-12-13-14-15-17-18(6-3)16-5-2/h15,17H,4-14H2,1-3H3/b17-15+,18-16?. The fourth-order valence-corrected chi connectivity index (χ4v) is 2.15. The van der Waals surface area contributed by atoms with E-state index in [2.05, 4.69) is 39.0 Å². The van der Waals surface area contributed by atoms with Crippen molar-refractivity contribution in [1.29, 1.82) is 0 Å². The Labute approximate surface area is 116 Å². The van der Waals surface area contributed by atoms with Gasteiger partial charge in [-0.05, 0) is 37.3 Å². The molecule has 0 atom stereocenters. The van der Waals surface area contributed by atoms with Crippen LogP contribution in [0.1, 0.15) is 91.4 Å². The second-order valence-corrected chi connectivity index (χ2v) is 5.08. The first-order valence-corrected chi connectivity index (χ1v) is 8.11. The van der Waals surface area contributed by atoms with Crippen molar-refractivity contribution >= 4 is 0 Å². The van der Waals surface area contributed by atoms with Gasteiger partial charge >= 0.3 is 0 Å². The molecule has 0 aliphatic rings. The van der Waals surface area contributed by atoms with Gasteiger partial charge in [-0.2, -0.15) is 0 Å². The maximum absolute atomic E-state index is 3.39. The second-order valence-electron chi connectivity index (χ2n) is 5.08. The molecule has 18 heavy (non-hydrogen) atoms. The Kier molecular flexibility index (Phi) is 14.1. The van der Waals surface area contributed by atoms with Gasteiger partial charge in [0.15, 0.2) is 0 Å². The van der Waals surface area contributed by atoms with Gasteiger partial charge in [0.2, 0.25) is 0 Å². The summed E-state index contributed by atoms with van der Waals surface area (Å²) in [6.45, 7) is 6.64. The fourth-order valence-electron chi connectivity index (χ4n) is 2.15. The van der Waals surface area contributed by atoms with Crippen LogP contribution in [0.4, 0.5) is 0 Å². The SMILES string of the molecule is CC/[C]=C(\C=C\CCCCCCCCCC)CC. The summed E-state index contributed by atoms with van der Waals surface area (Å²) in [4.78, 5) is 0. The zero-order valence-corrected chi connectivity index (χ0v) is 12.9. The van der Waals surface area contributed by atoms with E-state index in [4.69, 9.17) is 0 Å². The Hall–Kier alpha value is -0.520. The first-order chi connectivity index (χ1) is 8.85. The fraction of sp³-hybridized carbons (Fsp3) is 0.778. The van der Waals surface area contributed by atoms with E-state index in [1.165, 1.54) is 63.4 Å². The minimum absolute atomic E-state index is 1.03. The van der Waals surface area contributed by atoms with Gasteiger partial charge in [-0.1, -0.05) is 77.9 Å². The first kappa shape index (κ1) is 17.5. The third-order valence-corrected chi connectivity index (χ3v) is 3.33. The second kappa shape index (κ2) is 14.5. The van der Waals surface area contributed by atoms with E-state index in [0.717, 1.165) is 12.8 Å². The lowest BCUT2D eigenvalue weighted by Crippen LogP contribution is -1.80. The van der Waals surface area contributed by atoms with Crippen LogP contribution in [0.25, 0.3) is 0 Å². The molecular weight excluding hydrogens is 216 g/mol. The van der Waals surface area contributed by atoms with Crippen molar-refractivity contribution in [2.75, 3.05) is 0 Å². The number of rotatable bonds is 12. The van der Waals surface area contributed by atoms with Gasteiger partial charge < -0.3 is 0 Å². The van der Waals surface area contributed by atoms with Gasteiger partial charge in [-0.15, -0.1) is 0 Å². The largest absolute Gasteiger partial charge is 0.0843 e. The molecule has 0 heterocycles. The average molecular weight is 249 g/mol. The average Bonchev–Trinajstić information content (AvgIpc) is 2.39. The molecule has 0 fully saturated rings. The first-order valence-electron chi connectivity index (χ1n) is 8.11. The molecule has 0 rings (SSSR count). The molecule has 0 heteroatoms. The van der Waals surface area contributed by atoms with Crippen molar-refractivity contribution in [3.8, 4) is 0 Å². The maximum atomic E-state index is 3.39. The molecule has 0 nitrogen and oxygen atoms in total. The molecule has 0 aliphatic heterocycles. The zero-order valence-electron chi connectivity index (χ0n) is 12.9. The Morgan fingerprint density at radius 3 is 2.00 bits per heavy atom. The van der Waals surface area contributed by atoms with Crippen molar-refractivity contribution in [3.63, 3.8) is 0 Å². The van der Waals surface area contributed by atoms with Crippen molar-refractivity contribution < 1.29 is 0 Å². The third-order valence-electron chi connectivity index (χ3n) is 3.33. The highest BCUT2D eigenvalue weighted by atomic mass is 14.0. The van der Waals surface area contributed by atoms with Crippen LogP contribution >= 0.6 is 0 Å². The van der Waals surface area contributed by atoms with Crippen LogP contribution in [-0.4, -0.2) is 0 Å². The van der Waals surface area contributed by atoms with E-state index >= 15 is 0 Å². The summed E-state index contributed by atoms with van der Waals surface area (Å²) in [5, 5.41) is 0. The lowest BCUT2D eigenvalue weighted by molar-refractivity contribution is 0.577. The molecule has 105 valence electrons. The molecule has 0 aromatic carbocycles. The molecule has 0 aliphatic carbocycles. The van der Waals surface area contributed by atoms with Gasteiger partial charge in [-0.25, -0.2) is 0 Å². The number of hydrogen-bond donors (Lipinski definition) is 0. The van der Waals surface area contributed by atoms with Gasteiger partial charge in [0.25, 0.3) is 0 Å². The van der Waals surface area contributed by atoms with Crippen molar-refractivity contribution in [2.24, 2.45) is 0 Å². The van der Waals surface area contributed by atoms with Crippen LogP contribution in [0.15, 0.2) is 17.7 Å². The maximum Gasteiger partial charge on any atom is -0.0302 e. The third kappa shape index (κ3) is 12.0. The van der Waals surface area contributed by atoms with Crippen LogP contribution in [-0.2, 0) is 0 Å². The summed E-state index contributed by atoms with van der Waals surface area (Å²) >= 11 is 0. The highest BCUT2D eigenvalue weighted by Gasteiger charge is 1.91. The van der Waals surface area contributed by atoms with E-state index in [-0.39, 0.29) is 0 Å². The molecular formula is C18H33. The zero-order chi connectivity index (χ0) is 13.5. The quantitative estimate of drug-likeness (QED) is 0.269. The van der Waals surface area contributed by atoms with Crippen LogP contribution in [0.5, 0.6) is 0 Å². The smallest absolute Gasteiger partial charge is 0.0302 e. The monoisotopic (exact) mass is 249 g/mol. The lowest BCUT2D eigenvalue weighted by atomic mass is 10.1. The van der Waals surface area contributed by atoms with Crippen molar-refractivity contribution in [3.05, 3.63) is 23.8 Å². The highest BCUT2D eigenvalue weighted by Crippen LogP contribution is 2.10. The van der Waals surface area contributed by atoms with Crippen LogP contribution in [0.3, 0.4) is 0 Å². The number of unbranched alkanes of at least 4 members (excludes halogenated alkanes) is 8. The Morgan fingerprint density at radius 1 is 0.833 bits per heavy atom. The molecule has 0 aromatic rings. The van der Waals surface area contributed by atoms with Crippen LogP contribution in [0, 0.1) is 6.08 Å². The molecule has 0 unspecified atom stereocenters. The summed E-state index contributed by atoms with van der Waals surface area (Å²) in [6, 6.07) is 0. The van der Waals surface area contributed by atoms with Gasteiger partial charge in [-0.3, -0.25) is 0 Å². The molecule has 0 spiro atoms. The summed E-state index contributed by atoms with van der Waals surface area (Å²) in [6.07, 6.45) is 22.7. The normalized spacial score (nSPS) is 12.5. The predicted octanol–water partition coefficient (Wildman–Crippen LogP) is 6.62. The molecule has 0 bridgehead atoms. The molecule has 0 saturated heterocycles. The summed E-state index contributed by atoms with van der Waals surface area (Å²) in [5.74, 6) is 0. The Balaban J connectivity index is 3.34. The highest BCUT2D eigenvalue weighted by molar-refractivity contribution is 5.14. The minimum atomic E-state index is 1.03. The molecule has 0 amide bonds.